The van der Waals surface area contributed by atoms with Crippen LogP contribution in [0, 0.1) is 12.3 Å². The molecule has 1 atom stereocenters. The van der Waals surface area contributed by atoms with Crippen molar-refractivity contribution >= 4 is 11.9 Å². The minimum absolute atomic E-state index is 0.0192. The van der Waals surface area contributed by atoms with Crippen LogP contribution in [0.3, 0.4) is 0 Å². The maximum atomic E-state index is 12.8. The molecule has 0 aromatic carbocycles. The molecule has 1 amide bonds. The molecule has 4 rings (SSSR count). The van der Waals surface area contributed by atoms with Crippen molar-refractivity contribution < 1.29 is 9.53 Å². The van der Waals surface area contributed by atoms with Gasteiger partial charge in [0.05, 0.1) is 11.6 Å². The fourth-order valence-corrected chi connectivity index (χ4v) is 4.03. The number of amides is 1. The summed E-state index contributed by atoms with van der Waals surface area (Å²) in [6, 6.07) is 4.05. The molecule has 28 heavy (non-hydrogen) atoms. The summed E-state index contributed by atoms with van der Waals surface area (Å²) in [5.74, 6) is 0.526. The van der Waals surface area contributed by atoms with Gasteiger partial charge in [0, 0.05) is 50.6 Å². The van der Waals surface area contributed by atoms with Crippen molar-refractivity contribution in [3.63, 3.8) is 0 Å². The summed E-state index contributed by atoms with van der Waals surface area (Å²) >= 11 is 0. The van der Waals surface area contributed by atoms with E-state index in [0.29, 0.717) is 11.5 Å². The van der Waals surface area contributed by atoms with Crippen LogP contribution in [0.2, 0.25) is 0 Å². The zero-order chi connectivity index (χ0) is 19.6. The Hall–Kier alpha value is -2.54. The number of anilines is 1. The number of pyridine rings is 1. The third kappa shape index (κ3) is 3.99. The van der Waals surface area contributed by atoms with E-state index >= 15 is 0 Å². The first-order valence-electron chi connectivity index (χ1n) is 9.93. The maximum Gasteiger partial charge on any atom is 0.257 e. The van der Waals surface area contributed by atoms with Crippen LogP contribution in [0.25, 0.3) is 0 Å². The highest BCUT2D eigenvalue weighted by atomic mass is 16.5. The molecule has 0 aliphatic carbocycles. The number of likely N-dealkylation sites (tertiary alicyclic amines) is 1. The summed E-state index contributed by atoms with van der Waals surface area (Å²) in [4.78, 5) is 27.8. The smallest absolute Gasteiger partial charge is 0.257 e. The monoisotopic (exact) mass is 381 g/mol. The van der Waals surface area contributed by atoms with Gasteiger partial charge in [-0.15, -0.1) is 0 Å². The van der Waals surface area contributed by atoms with Crippen molar-refractivity contribution in [3.05, 3.63) is 47.5 Å². The lowest BCUT2D eigenvalue weighted by atomic mass is 9.80. The average Bonchev–Trinajstić information content (AvgIpc) is 3.12. The Morgan fingerprint density at radius 2 is 1.89 bits per heavy atom. The van der Waals surface area contributed by atoms with E-state index in [1.807, 2.05) is 37.1 Å². The predicted octanol–water partition coefficient (Wildman–Crippen LogP) is 3.00. The molecule has 2 fully saturated rings. The molecular weight excluding hydrogens is 354 g/mol. The first-order valence-corrected chi connectivity index (χ1v) is 9.93. The summed E-state index contributed by atoms with van der Waals surface area (Å²) in [7, 11) is 0. The number of hydrogen-bond donors (Lipinski definition) is 1. The lowest BCUT2D eigenvalue weighted by Crippen LogP contribution is -2.35. The number of carbonyl (C=O) groups is 1. The molecule has 7 heteroatoms. The second-order valence-corrected chi connectivity index (χ2v) is 7.98. The molecule has 4 heterocycles. The van der Waals surface area contributed by atoms with Gasteiger partial charge in [0.25, 0.3) is 5.91 Å². The van der Waals surface area contributed by atoms with Gasteiger partial charge in [0.1, 0.15) is 0 Å². The third-order valence-electron chi connectivity index (χ3n) is 5.96. The Bertz CT molecular complexity index is 816. The molecule has 0 radical (unpaired) electrons. The number of nitrogens with zero attached hydrogens (tertiary/aromatic N) is 4. The van der Waals surface area contributed by atoms with E-state index in [2.05, 4.69) is 20.3 Å². The van der Waals surface area contributed by atoms with E-state index in [0.717, 1.165) is 56.8 Å². The van der Waals surface area contributed by atoms with E-state index in [1.54, 1.807) is 12.4 Å². The molecule has 148 valence electrons. The van der Waals surface area contributed by atoms with Crippen LogP contribution in [0.4, 0.5) is 5.95 Å². The Labute approximate surface area is 165 Å². The summed E-state index contributed by atoms with van der Waals surface area (Å²) in [5, 5.41) is 3.26. The SMILES string of the molecule is Cc1ccc([C@H](C)Nc2ncc(C(=O)N3CCC4(CCOCC4)C3)cn2)cn1. The first-order chi connectivity index (χ1) is 13.5. The van der Waals surface area contributed by atoms with Crippen molar-refractivity contribution in [1.29, 1.82) is 0 Å². The molecule has 2 aromatic rings. The molecule has 2 aliphatic rings. The van der Waals surface area contributed by atoms with Gasteiger partial charge >= 0.3 is 0 Å². The fraction of sp³-hybridized carbons (Fsp3) is 0.524. The molecule has 1 N–H and O–H groups in total. The zero-order valence-electron chi connectivity index (χ0n) is 16.5. The van der Waals surface area contributed by atoms with Gasteiger partial charge in [-0.05, 0) is 50.2 Å². The Morgan fingerprint density at radius 3 is 2.57 bits per heavy atom. The number of aryl methyl sites for hydroxylation is 1. The minimum Gasteiger partial charge on any atom is -0.381 e. The standard InChI is InChI=1S/C21H27N5O2/c1-15-3-4-17(11-22-15)16(2)25-20-23-12-18(13-24-20)19(27)26-8-5-21(14-26)6-9-28-10-7-21/h3-4,11-13,16H,5-10,14H2,1-2H3,(H,23,24,25)/t16-/m0/s1. The number of aromatic nitrogens is 3. The van der Waals surface area contributed by atoms with Gasteiger partial charge in [0.15, 0.2) is 0 Å². The zero-order valence-corrected chi connectivity index (χ0v) is 16.5. The summed E-state index contributed by atoms with van der Waals surface area (Å²) < 4.78 is 5.48. The van der Waals surface area contributed by atoms with E-state index in [1.165, 1.54) is 0 Å². The van der Waals surface area contributed by atoms with Crippen LogP contribution in [0.15, 0.2) is 30.7 Å². The summed E-state index contributed by atoms with van der Waals surface area (Å²) in [6.07, 6.45) is 8.23. The van der Waals surface area contributed by atoms with E-state index in [4.69, 9.17) is 4.74 Å². The highest BCUT2D eigenvalue weighted by molar-refractivity contribution is 5.94. The highest BCUT2D eigenvalue weighted by Gasteiger charge is 2.41. The van der Waals surface area contributed by atoms with E-state index in [-0.39, 0.29) is 17.4 Å². The van der Waals surface area contributed by atoms with Crippen molar-refractivity contribution in [2.75, 3.05) is 31.6 Å². The second-order valence-electron chi connectivity index (χ2n) is 7.98. The van der Waals surface area contributed by atoms with Crippen molar-refractivity contribution in [3.8, 4) is 0 Å². The van der Waals surface area contributed by atoms with Crippen LogP contribution in [-0.2, 0) is 4.74 Å². The number of carbonyl (C=O) groups excluding carboxylic acids is 1. The van der Waals surface area contributed by atoms with Gasteiger partial charge in [-0.2, -0.15) is 0 Å². The van der Waals surface area contributed by atoms with Crippen LogP contribution >= 0.6 is 0 Å². The lowest BCUT2D eigenvalue weighted by Gasteiger charge is -2.33. The molecule has 0 saturated carbocycles. The van der Waals surface area contributed by atoms with Gasteiger partial charge < -0.3 is 15.0 Å². The first kappa shape index (κ1) is 18.8. The van der Waals surface area contributed by atoms with Gasteiger partial charge in [0.2, 0.25) is 5.95 Å². The average molecular weight is 381 g/mol. The normalized spacial score (nSPS) is 19.6. The van der Waals surface area contributed by atoms with E-state index in [9.17, 15) is 4.79 Å². The molecule has 2 saturated heterocycles. The topological polar surface area (TPSA) is 80.2 Å². The minimum atomic E-state index is 0.0192. The fourth-order valence-electron chi connectivity index (χ4n) is 4.03. The number of hydrogen-bond acceptors (Lipinski definition) is 6. The Morgan fingerprint density at radius 1 is 1.14 bits per heavy atom. The molecule has 1 spiro atoms. The van der Waals surface area contributed by atoms with Crippen LogP contribution < -0.4 is 5.32 Å². The lowest BCUT2D eigenvalue weighted by molar-refractivity contribution is 0.0191. The van der Waals surface area contributed by atoms with Crippen LogP contribution in [0.1, 0.15) is 53.8 Å². The van der Waals surface area contributed by atoms with E-state index < -0.39 is 0 Å². The highest BCUT2D eigenvalue weighted by Crippen LogP contribution is 2.40. The summed E-state index contributed by atoms with van der Waals surface area (Å²) in [6.45, 7) is 7.22. The molecule has 0 unspecified atom stereocenters. The maximum absolute atomic E-state index is 12.8. The van der Waals surface area contributed by atoms with Crippen LogP contribution in [0.5, 0.6) is 0 Å². The number of rotatable bonds is 4. The third-order valence-corrected chi connectivity index (χ3v) is 5.96. The predicted molar refractivity (Wildman–Crippen MR) is 106 cm³/mol. The quantitative estimate of drug-likeness (QED) is 0.877. The van der Waals surface area contributed by atoms with Crippen LogP contribution in [-0.4, -0.2) is 52.1 Å². The molecular formula is C21H27N5O2. The van der Waals surface area contributed by atoms with Gasteiger partial charge in [-0.25, -0.2) is 9.97 Å². The largest absolute Gasteiger partial charge is 0.381 e. The number of ether oxygens (including phenoxy) is 1. The number of nitrogens with one attached hydrogen (secondary N) is 1. The molecule has 7 nitrogen and oxygen atoms in total. The van der Waals surface area contributed by atoms with Crippen molar-refractivity contribution in [2.24, 2.45) is 5.41 Å². The molecule has 0 bridgehead atoms. The van der Waals surface area contributed by atoms with Gasteiger partial charge in [-0.3, -0.25) is 9.78 Å². The second kappa shape index (κ2) is 7.83. The van der Waals surface area contributed by atoms with Gasteiger partial charge in [-0.1, -0.05) is 6.07 Å². The Kier molecular flexibility index (Phi) is 5.26. The Balaban J connectivity index is 1.37. The van der Waals surface area contributed by atoms with Crippen molar-refractivity contribution in [2.45, 2.75) is 39.2 Å². The molecule has 2 aliphatic heterocycles. The van der Waals surface area contributed by atoms with Crippen molar-refractivity contribution in [1.82, 2.24) is 19.9 Å². The molecule has 2 aromatic heterocycles. The summed E-state index contributed by atoms with van der Waals surface area (Å²) in [5.41, 5.74) is 2.83.